The van der Waals surface area contributed by atoms with Gasteiger partial charge in [0.1, 0.15) is 11.3 Å². The number of azo groups is 1. The van der Waals surface area contributed by atoms with Gasteiger partial charge in [0.25, 0.3) is 0 Å². The monoisotopic (exact) mass is 329 g/mol. The van der Waals surface area contributed by atoms with Gasteiger partial charge in [-0.2, -0.15) is 0 Å². The van der Waals surface area contributed by atoms with Crippen LogP contribution in [0.5, 0.6) is 0 Å². The van der Waals surface area contributed by atoms with E-state index in [1.54, 1.807) is 6.20 Å². The number of imidazole rings is 1. The second kappa shape index (κ2) is 6.09. The van der Waals surface area contributed by atoms with Crippen LogP contribution in [0.2, 0.25) is 0 Å². The molecule has 0 aliphatic rings. The normalized spacial score (nSPS) is 12.0. The van der Waals surface area contributed by atoms with Gasteiger partial charge in [-0.3, -0.25) is 9.38 Å². The highest BCUT2D eigenvalue weighted by molar-refractivity contribution is 5.88. The lowest BCUT2D eigenvalue weighted by Crippen LogP contribution is -1.87. The Morgan fingerprint density at radius 2 is 1.84 bits per heavy atom. The van der Waals surface area contributed by atoms with Crippen LogP contribution in [0.3, 0.4) is 0 Å². The van der Waals surface area contributed by atoms with Crippen molar-refractivity contribution in [3.8, 4) is 0 Å². The van der Waals surface area contributed by atoms with Crippen molar-refractivity contribution in [1.29, 1.82) is 0 Å². The van der Waals surface area contributed by atoms with Crippen LogP contribution in [-0.4, -0.2) is 14.4 Å². The van der Waals surface area contributed by atoms with Gasteiger partial charge in [0, 0.05) is 17.8 Å². The van der Waals surface area contributed by atoms with Gasteiger partial charge in [0.2, 0.25) is 0 Å². The molecule has 0 bridgehead atoms. The van der Waals surface area contributed by atoms with E-state index in [4.69, 9.17) is 4.98 Å². The minimum Gasteiger partial charge on any atom is -0.283 e. The van der Waals surface area contributed by atoms with Crippen LogP contribution in [0, 0.1) is 6.92 Å². The van der Waals surface area contributed by atoms with E-state index in [1.807, 2.05) is 47.0 Å². The molecule has 0 N–H and O–H groups in total. The van der Waals surface area contributed by atoms with Crippen molar-refractivity contribution in [3.05, 3.63) is 66.1 Å². The number of pyridine rings is 2. The molecule has 4 rings (SSSR count). The Morgan fingerprint density at radius 1 is 1.00 bits per heavy atom. The molecule has 3 heterocycles. The van der Waals surface area contributed by atoms with Crippen molar-refractivity contribution in [1.82, 2.24) is 14.4 Å². The van der Waals surface area contributed by atoms with Crippen LogP contribution < -0.4 is 0 Å². The quantitative estimate of drug-likeness (QED) is 0.451. The molecule has 0 fully saturated rings. The minimum atomic E-state index is 0.263. The molecule has 4 aromatic rings. The minimum absolute atomic E-state index is 0.263. The predicted molar refractivity (Wildman–Crippen MR) is 99.9 cm³/mol. The van der Waals surface area contributed by atoms with E-state index < -0.39 is 0 Å². The molecule has 0 atom stereocenters. The first-order valence-corrected chi connectivity index (χ1v) is 8.38. The molecular formula is C20H19N5. The Morgan fingerprint density at radius 3 is 2.68 bits per heavy atom. The largest absolute Gasteiger partial charge is 0.283 e. The van der Waals surface area contributed by atoms with E-state index >= 15 is 0 Å². The number of nitrogens with zero attached hydrogens (tertiary/aromatic N) is 5. The van der Waals surface area contributed by atoms with Crippen molar-refractivity contribution < 1.29 is 0 Å². The smallest absolute Gasteiger partial charge is 0.183 e. The number of hydrogen-bond donors (Lipinski definition) is 0. The second-order valence-electron chi connectivity index (χ2n) is 6.41. The lowest BCUT2D eigenvalue weighted by molar-refractivity contribution is 0.831. The maximum atomic E-state index is 4.78. The average Bonchev–Trinajstić information content (AvgIpc) is 3.00. The summed E-state index contributed by atoms with van der Waals surface area (Å²) in [7, 11) is 0. The summed E-state index contributed by atoms with van der Waals surface area (Å²) in [6, 6.07) is 13.9. The first kappa shape index (κ1) is 15.4. The Hall–Kier alpha value is -3.08. The Kier molecular flexibility index (Phi) is 3.76. The fourth-order valence-corrected chi connectivity index (χ4v) is 2.97. The van der Waals surface area contributed by atoms with Crippen molar-refractivity contribution >= 4 is 28.1 Å². The molecule has 25 heavy (non-hydrogen) atoms. The molecule has 0 aliphatic carbocycles. The van der Waals surface area contributed by atoms with E-state index in [0.29, 0.717) is 0 Å². The molecule has 0 radical (unpaired) electrons. The van der Waals surface area contributed by atoms with Crippen molar-refractivity contribution in [2.24, 2.45) is 10.2 Å². The van der Waals surface area contributed by atoms with Crippen molar-refractivity contribution in [2.75, 3.05) is 0 Å². The summed E-state index contributed by atoms with van der Waals surface area (Å²) in [6.07, 6.45) is 3.76. The maximum Gasteiger partial charge on any atom is 0.183 e. The highest BCUT2D eigenvalue weighted by atomic mass is 15.2. The summed E-state index contributed by atoms with van der Waals surface area (Å²) < 4.78 is 2.01. The highest BCUT2D eigenvalue weighted by Gasteiger charge is 2.16. The fraction of sp³-hybridized carbons (Fsp3) is 0.200. The van der Waals surface area contributed by atoms with Gasteiger partial charge < -0.3 is 0 Å². The van der Waals surface area contributed by atoms with Gasteiger partial charge in [-0.25, -0.2) is 4.98 Å². The molecule has 0 saturated heterocycles. The third kappa shape index (κ3) is 2.67. The molecule has 124 valence electrons. The predicted octanol–water partition coefficient (Wildman–Crippen LogP) is 5.73. The van der Waals surface area contributed by atoms with Gasteiger partial charge in [-0.1, -0.05) is 38.1 Å². The van der Waals surface area contributed by atoms with E-state index in [9.17, 15) is 0 Å². The standard InChI is InChI=1S/C20H19N5/c1-13(2)17-20(25-12-6-7-14(3)19(25)22-17)24-23-16-10-4-8-15-9-5-11-21-18(15)16/h4-13H,1-3H3. The van der Waals surface area contributed by atoms with Crippen LogP contribution in [0.4, 0.5) is 11.5 Å². The molecule has 0 aliphatic heterocycles. The zero-order valence-corrected chi connectivity index (χ0v) is 14.5. The SMILES string of the molecule is Cc1cccn2c(N=Nc3cccc4cccnc34)c(C(C)C)nc12. The summed E-state index contributed by atoms with van der Waals surface area (Å²) in [5.41, 5.74) is 4.61. The molecule has 5 heteroatoms. The Balaban J connectivity index is 1.89. The summed E-state index contributed by atoms with van der Waals surface area (Å²) in [6.45, 7) is 6.30. The number of aryl methyl sites for hydroxylation is 1. The first-order chi connectivity index (χ1) is 12.1. The lowest BCUT2D eigenvalue weighted by atomic mass is 10.1. The highest BCUT2D eigenvalue weighted by Crippen LogP contribution is 2.31. The number of fused-ring (bicyclic) bond motifs is 2. The van der Waals surface area contributed by atoms with E-state index in [2.05, 4.69) is 42.1 Å². The lowest BCUT2D eigenvalue weighted by Gasteiger charge is -2.03. The molecular weight excluding hydrogens is 310 g/mol. The Labute approximate surface area is 146 Å². The number of para-hydroxylation sites is 1. The molecule has 5 nitrogen and oxygen atoms in total. The van der Waals surface area contributed by atoms with Gasteiger partial charge in [0.15, 0.2) is 5.82 Å². The van der Waals surface area contributed by atoms with Gasteiger partial charge in [-0.15, -0.1) is 10.2 Å². The van der Waals surface area contributed by atoms with Gasteiger partial charge >= 0.3 is 0 Å². The van der Waals surface area contributed by atoms with Crippen LogP contribution in [-0.2, 0) is 0 Å². The summed E-state index contributed by atoms with van der Waals surface area (Å²) in [5.74, 6) is 1.04. The molecule has 0 unspecified atom stereocenters. The number of aromatic nitrogens is 3. The fourth-order valence-electron chi connectivity index (χ4n) is 2.97. The maximum absolute atomic E-state index is 4.78. The van der Waals surface area contributed by atoms with Gasteiger partial charge in [-0.05, 0) is 36.6 Å². The molecule has 0 saturated carbocycles. The van der Waals surface area contributed by atoms with Crippen LogP contribution in [0.1, 0.15) is 31.0 Å². The number of hydrogen-bond acceptors (Lipinski definition) is 4. The topological polar surface area (TPSA) is 54.9 Å². The van der Waals surface area contributed by atoms with Gasteiger partial charge in [0.05, 0.1) is 11.2 Å². The Bertz CT molecular complexity index is 1090. The van der Waals surface area contributed by atoms with E-state index in [1.165, 1.54) is 0 Å². The van der Waals surface area contributed by atoms with E-state index in [0.717, 1.165) is 39.3 Å². The van der Waals surface area contributed by atoms with E-state index in [-0.39, 0.29) is 5.92 Å². The van der Waals surface area contributed by atoms with Crippen molar-refractivity contribution in [3.63, 3.8) is 0 Å². The third-order valence-corrected chi connectivity index (χ3v) is 4.26. The number of rotatable bonds is 3. The zero-order valence-electron chi connectivity index (χ0n) is 14.5. The number of benzene rings is 1. The van der Waals surface area contributed by atoms with Crippen LogP contribution in [0.15, 0.2) is 65.1 Å². The summed E-state index contributed by atoms with van der Waals surface area (Å²) >= 11 is 0. The third-order valence-electron chi connectivity index (χ3n) is 4.26. The van der Waals surface area contributed by atoms with Crippen molar-refractivity contribution in [2.45, 2.75) is 26.7 Å². The first-order valence-electron chi connectivity index (χ1n) is 8.38. The summed E-state index contributed by atoms with van der Waals surface area (Å²) in [4.78, 5) is 9.22. The molecule has 1 aromatic carbocycles. The van der Waals surface area contributed by atoms with Crippen LogP contribution in [0.25, 0.3) is 16.6 Å². The van der Waals surface area contributed by atoms with Crippen LogP contribution >= 0.6 is 0 Å². The molecule has 0 spiro atoms. The summed E-state index contributed by atoms with van der Waals surface area (Å²) in [5, 5.41) is 10.1. The second-order valence-corrected chi connectivity index (χ2v) is 6.41. The average molecular weight is 329 g/mol. The molecule has 3 aromatic heterocycles. The molecule has 0 amide bonds. The zero-order chi connectivity index (χ0) is 17.4.